The molecule has 0 bridgehead atoms. The summed E-state index contributed by atoms with van der Waals surface area (Å²) in [6, 6.07) is 5.58. The molecule has 7 heteroatoms. The van der Waals surface area contributed by atoms with Gasteiger partial charge in [0.2, 0.25) is 0 Å². The number of phenols is 2. The third kappa shape index (κ3) is 2.74. The summed E-state index contributed by atoms with van der Waals surface area (Å²) in [5.41, 5.74) is 0.986. The molecule has 98 valence electrons. The Morgan fingerprint density at radius 2 is 2.00 bits per heavy atom. The lowest BCUT2D eigenvalue weighted by Crippen LogP contribution is -2.10. The number of aryl methyl sites for hydroxylation is 1. The van der Waals surface area contributed by atoms with Gasteiger partial charge in [-0.2, -0.15) is 5.10 Å². The van der Waals surface area contributed by atoms with Crippen molar-refractivity contribution in [1.29, 1.82) is 0 Å². The standard InChI is InChI=1S/C12H11ClN4O2/c1-6-15-9(5-11(13)16-6)12(17-14)8-3-2-7(18)4-10(8)19/h2-5,18-19H,14H2,1H3/b17-12+. The number of halogens is 1. The van der Waals surface area contributed by atoms with E-state index in [2.05, 4.69) is 15.1 Å². The van der Waals surface area contributed by atoms with Gasteiger partial charge in [0, 0.05) is 17.7 Å². The molecule has 0 radical (unpaired) electrons. The van der Waals surface area contributed by atoms with E-state index in [1.807, 2.05) is 0 Å². The molecule has 2 rings (SSSR count). The maximum Gasteiger partial charge on any atom is 0.133 e. The zero-order valence-corrected chi connectivity index (χ0v) is 10.8. The molecule has 1 heterocycles. The van der Waals surface area contributed by atoms with Crippen molar-refractivity contribution in [2.24, 2.45) is 10.9 Å². The highest BCUT2D eigenvalue weighted by Gasteiger charge is 2.15. The molecule has 0 atom stereocenters. The first-order valence-electron chi connectivity index (χ1n) is 5.33. The van der Waals surface area contributed by atoms with Gasteiger partial charge in [0.15, 0.2) is 0 Å². The van der Waals surface area contributed by atoms with Crippen molar-refractivity contribution in [2.75, 3.05) is 0 Å². The van der Waals surface area contributed by atoms with Gasteiger partial charge in [-0.05, 0) is 19.1 Å². The Bertz CT molecular complexity index is 638. The van der Waals surface area contributed by atoms with Crippen LogP contribution in [0.25, 0.3) is 0 Å². The summed E-state index contributed by atoms with van der Waals surface area (Å²) in [7, 11) is 0. The average Bonchev–Trinajstić information content (AvgIpc) is 2.31. The molecule has 2 aromatic rings. The molecule has 1 aromatic heterocycles. The molecule has 0 amide bonds. The van der Waals surface area contributed by atoms with Gasteiger partial charge < -0.3 is 16.1 Å². The summed E-state index contributed by atoms with van der Waals surface area (Å²) in [6.45, 7) is 1.68. The molecule has 0 saturated carbocycles. The smallest absolute Gasteiger partial charge is 0.133 e. The number of hydrazone groups is 1. The first-order valence-corrected chi connectivity index (χ1v) is 5.71. The predicted molar refractivity (Wildman–Crippen MR) is 71.4 cm³/mol. The van der Waals surface area contributed by atoms with Crippen molar-refractivity contribution < 1.29 is 10.2 Å². The summed E-state index contributed by atoms with van der Waals surface area (Å²) < 4.78 is 0. The Morgan fingerprint density at radius 1 is 1.26 bits per heavy atom. The van der Waals surface area contributed by atoms with Crippen LogP contribution >= 0.6 is 11.6 Å². The Kier molecular flexibility index (Phi) is 3.52. The summed E-state index contributed by atoms with van der Waals surface area (Å²) >= 11 is 5.85. The largest absolute Gasteiger partial charge is 0.508 e. The van der Waals surface area contributed by atoms with Crippen molar-refractivity contribution in [3.05, 3.63) is 46.5 Å². The van der Waals surface area contributed by atoms with Gasteiger partial charge in [-0.15, -0.1) is 0 Å². The number of aromatic nitrogens is 2. The van der Waals surface area contributed by atoms with Crippen LogP contribution in [0.4, 0.5) is 0 Å². The van der Waals surface area contributed by atoms with E-state index in [9.17, 15) is 10.2 Å². The van der Waals surface area contributed by atoms with E-state index in [4.69, 9.17) is 17.4 Å². The van der Waals surface area contributed by atoms with Crippen molar-refractivity contribution in [3.8, 4) is 11.5 Å². The minimum absolute atomic E-state index is 0.0606. The molecule has 0 spiro atoms. The van der Waals surface area contributed by atoms with Crippen LogP contribution in [0.15, 0.2) is 29.4 Å². The van der Waals surface area contributed by atoms with Gasteiger partial charge in [0.25, 0.3) is 0 Å². The van der Waals surface area contributed by atoms with Gasteiger partial charge in [0.1, 0.15) is 28.2 Å². The highest BCUT2D eigenvalue weighted by molar-refractivity contribution is 6.30. The van der Waals surface area contributed by atoms with Crippen molar-refractivity contribution in [2.45, 2.75) is 6.92 Å². The van der Waals surface area contributed by atoms with E-state index in [0.29, 0.717) is 17.1 Å². The SMILES string of the molecule is Cc1nc(Cl)cc(/C(=N/N)c2ccc(O)cc2O)n1. The molecular formula is C12H11ClN4O2. The maximum absolute atomic E-state index is 9.82. The van der Waals surface area contributed by atoms with Gasteiger partial charge in [-0.1, -0.05) is 11.6 Å². The van der Waals surface area contributed by atoms with Crippen molar-refractivity contribution >= 4 is 17.3 Å². The van der Waals surface area contributed by atoms with E-state index in [0.717, 1.165) is 0 Å². The van der Waals surface area contributed by atoms with Gasteiger partial charge in [-0.25, -0.2) is 9.97 Å². The minimum Gasteiger partial charge on any atom is -0.508 e. The lowest BCUT2D eigenvalue weighted by molar-refractivity contribution is 0.450. The van der Waals surface area contributed by atoms with Crippen LogP contribution in [-0.2, 0) is 0 Å². The van der Waals surface area contributed by atoms with E-state index in [1.54, 1.807) is 6.92 Å². The Hall–Kier alpha value is -2.34. The summed E-state index contributed by atoms with van der Waals surface area (Å²) in [6.07, 6.45) is 0. The molecule has 4 N–H and O–H groups in total. The number of benzene rings is 1. The molecule has 0 saturated heterocycles. The predicted octanol–water partition coefficient (Wildman–Crippen LogP) is 1.56. The van der Waals surface area contributed by atoms with E-state index in [-0.39, 0.29) is 22.4 Å². The van der Waals surface area contributed by atoms with Crippen LogP contribution < -0.4 is 5.84 Å². The third-order valence-electron chi connectivity index (χ3n) is 2.41. The molecule has 6 nitrogen and oxygen atoms in total. The zero-order valence-electron chi connectivity index (χ0n) is 10.0. The second kappa shape index (κ2) is 5.11. The molecule has 0 unspecified atom stereocenters. The first kappa shape index (κ1) is 13.1. The van der Waals surface area contributed by atoms with E-state index < -0.39 is 0 Å². The topological polar surface area (TPSA) is 105 Å². The quantitative estimate of drug-likeness (QED) is 0.335. The maximum atomic E-state index is 9.82. The highest BCUT2D eigenvalue weighted by atomic mass is 35.5. The number of nitrogens with zero attached hydrogens (tertiary/aromatic N) is 3. The second-order valence-corrected chi connectivity index (χ2v) is 4.19. The lowest BCUT2D eigenvalue weighted by Gasteiger charge is -2.08. The molecule has 19 heavy (non-hydrogen) atoms. The van der Waals surface area contributed by atoms with Gasteiger partial charge in [-0.3, -0.25) is 0 Å². The van der Waals surface area contributed by atoms with Gasteiger partial charge >= 0.3 is 0 Å². The molecule has 0 fully saturated rings. The molecular weight excluding hydrogens is 268 g/mol. The Balaban J connectivity index is 2.57. The average molecular weight is 279 g/mol. The van der Waals surface area contributed by atoms with Crippen molar-refractivity contribution in [3.63, 3.8) is 0 Å². The second-order valence-electron chi connectivity index (χ2n) is 3.80. The summed E-state index contributed by atoms with van der Waals surface area (Å²) in [5, 5.41) is 23.0. The fraction of sp³-hybridized carbons (Fsp3) is 0.0833. The number of phenolic OH excluding ortho intramolecular Hbond substituents is 2. The highest BCUT2D eigenvalue weighted by Crippen LogP contribution is 2.25. The molecule has 0 aliphatic carbocycles. The van der Waals surface area contributed by atoms with Crippen LogP contribution in [0, 0.1) is 6.92 Å². The van der Waals surface area contributed by atoms with E-state index >= 15 is 0 Å². The number of aromatic hydroxyl groups is 2. The monoisotopic (exact) mass is 278 g/mol. The fourth-order valence-corrected chi connectivity index (χ4v) is 1.87. The van der Waals surface area contributed by atoms with E-state index in [1.165, 1.54) is 24.3 Å². The van der Waals surface area contributed by atoms with Crippen molar-refractivity contribution in [1.82, 2.24) is 9.97 Å². The third-order valence-corrected chi connectivity index (χ3v) is 2.61. The van der Waals surface area contributed by atoms with Crippen LogP contribution in [0.5, 0.6) is 11.5 Å². The number of hydrogen-bond donors (Lipinski definition) is 3. The summed E-state index contributed by atoms with van der Waals surface area (Å²) in [5.74, 6) is 5.60. The minimum atomic E-state index is -0.156. The summed E-state index contributed by atoms with van der Waals surface area (Å²) in [4.78, 5) is 8.10. The molecule has 0 aliphatic rings. The Morgan fingerprint density at radius 3 is 2.58 bits per heavy atom. The molecule has 1 aromatic carbocycles. The van der Waals surface area contributed by atoms with Crippen LogP contribution in [0.1, 0.15) is 17.1 Å². The van der Waals surface area contributed by atoms with Gasteiger partial charge in [0.05, 0.1) is 5.69 Å². The molecule has 0 aliphatic heterocycles. The fourth-order valence-electron chi connectivity index (χ4n) is 1.65. The zero-order chi connectivity index (χ0) is 14.0. The number of hydrogen-bond acceptors (Lipinski definition) is 6. The number of nitrogens with two attached hydrogens (primary N) is 1. The lowest BCUT2D eigenvalue weighted by atomic mass is 10.1. The van der Waals surface area contributed by atoms with Crippen LogP contribution in [0.2, 0.25) is 5.15 Å². The number of rotatable bonds is 2. The van der Waals surface area contributed by atoms with Crippen LogP contribution in [0.3, 0.4) is 0 Å². The normalized spacial score (nSPS) is 11.6. The Labute approximate surface area is 114 Å². The van der Waals surface area contributed by atoms with Crippen LogP contribution in [-0.4, -0.2) is 25.9 Å². The first-order chi connectivity index (χ1) is 9.01.